The highest BCUT2D eigenvalue weighted by Gasteiger charge is 2.00. The number of benzene rings is 1. The summed E-state index contributed by atoms with van der Waals surface area (Å²) in [7, 11) is 1.45. The van der Waals surface area contributed by atoms with E-state index in [2.05, 4.69) is 4.28 Å². The third kappa shape index (κ3) is 3.02. The summed E-state index contributed by atoms with van der Waals surface area (Å²) < 4.78 is 24.6. The van der Waals surface area contributed by atoms with Crippen LogP contribution in [0.3, 0.4) is 0 Å². The predicted octanol–water partition coefficient (Wildman–Crippen LogP) is 0.554. The zero-order valence-electron chi connectivity index (χ0n) is 6.84. The molecule has 0 amide bonds. The number of phenols is 1. The van der Waals surface area contributed by atoms with Gasteiger partial charge in [-0.1, -0.05) is 0 Å². The second kappa shape index (κ2) is 4.22. The Kier molecular flexibility index (Phi) is 3.24. The van der Waals surface area contributed by atoms with Crippen molar-refractivity contribution in [3.63, 3.8) is 0 Å². The normalized spacial score (nSPS) is 12.5. The number of hydrogen-bond donors (Lipinski definition) is 1. The maximum Gasteiger partial charge on any atom is 0.115 e. The van der Waals surface area contributed by atoms with E-state index in [0.717, 1.165) is 5.06 Å². The van der Waals surface area contributed by atoms with Crippen molar-refractivity contribution in [2.45, 2.75) is 0 Å². The van der Waals surface area contributed by atoms with E-state index in [1.165, 1.54) is 31.3 Å². The quantitative estimate of drug-likeness (QED) is 0.572. The molecule has 1 unspecified atom stereocenters. The fourth-order valence-corrected chi connectivity index (χ4v) is 1.07. The van der Waals surface area contributed by atoms with E-state index >= 15 is 0 Å². The molecule has 1 rings (SSSR count). The van der Waals surface area contributed by atoms with Crippen molar-refractivity contribution in [3.8, 4) is 5.75 Å². The zero-order chi connectivity index (χ0) is 9.84. The van der Waals surface area contributed by atoms with E-state index in [1.54, 1.807) is 0 Å². The monoisotopic (exact) mass is 202 g/mol. The first-order valence-corrected chi connectivity index (χ1v) is 4.40. The molecule has 0 bridgehead atoms. The lowest BCUT2D eigenvalue weighted by molar-refractivity contribution is 0.289. The van der Waals surface area contributed by atoms with E-state index in [1.807, 2.05) is 0 Å². The van der Waals surface area contributed by atoms with Gasteiger partial charge >= 0.3 is 0 Å². The summed E-state index contributed by atoms with van der Waals surface area (Å²) in [5.74, 6) is 0.111. The van der Waals surface area contributed by atoms with Gasteiger partial charge in [0.1, 0.15) is 17.1 Å². The second-order valence-corrected chi connectivity index (χ2v) is 2.85. The van der Waals surface area contributed by atoms with Gasteiger partial charge in [-0.2, -0.15) is 4.28 Å². The highest BCUT2D eigenvalue weighted by atomic mass is 32.2. The molecule has 0 spiro atoms. The summed E-state index contributed by atoms with van der Waals surface area (Å²) in [5, 5.41) is 10.0. The van der Waals surface area contributed by atoms with Gasteiger partial charge in [-0.05, 0) is 24.3 Å². The Balaban J connectivity index is 2.71. The van der Waals surface area contributed by atoms with Crippen LogP contribution < -0.4 is 5.06 Å². The SMILES string of the molecule is CN(OS(=O)[O-])c1ccc(O)cc1. The van der Waals surface area contributed by atoms with Gasteiger partial charge in [0, 0.05) is 7.05 Å². The first kappa shape index (κ1) is 9.97. The highest BCUT2D eigenvalue weighted by molar-refractivity contribution is 7.74. The van der Waals surface area contributed by atoms with Gasteiger partial charge in [0.05, 0.1) is 5.69 Å². The molecule has 72 valence electrons. The number of hydroxylamine groups is 1. The third-order valence-electron chi connectivity index (χ3n) is 1.39. The summed E-state index contributed by atoms with van der Waals surface area (Å²) in [6, 6.07) is 5.93. The van der Waals surface area contributed by atoms with Gasteiger partial charge in [0.15, 0.2) is 0 Å². The fraction of sp³-hybridized carbons (Fsp3) is 0.143. The van der Waals surface area contributed by atoms with Crippen LogP contribution >= 0.6 is 0 Å². The molecule has 0 saturated carbocycles. The van der Waals surface area contributed by atoms with E-state index < -0.39 is 11.4 Å². The van der Waals surface area contributed by atoms with Crippen molar-refractivity contribution in [2.75, 3.05) is 12.1 Å². The fourth-order valence-electron chi connectivity index (χ4n) is 0.797. The number of anilines is 1. The molecule has 1 N–H and O–H groups in total. The molecule has 1 aromatic rings. The Morgan fingerprint density at radius 1 is 1.46 bits per heavy atom. The first-order chi connectivity index (χ1) is 6.09. The van der Waals surface area contributed by atoms with Gasteiger partial charge in [-0.25, -0.2) is 9.27 Å². The summed E-state index contributed by atoms with van der Waals surface area (Å²) in [5.41, 5.74) is 0.530. The van der Waals surface area contributed by atoms with E-state index in [9.17, 15) is 8.76 Å². The number of hydrogen-bond acceptors (Lipinski definition) is 5. The van der Waals surface area contributed by atoms with Crippen LogP contribution in [0.1, 0.15) is 0 Å². The Morgan fingerprint density at radius 2 is 2.00 bits per heavy atom. The summed E-state index contributed by atoms with van der Waals surface area (Å²) in [6.07, 6.45) is 0. The number of nitrogens with zero attached hydrogens (tertiary/aromatic N) is 1. The molecular weight excluding hydrogens is 194 g/mol. The molecule has 13 heavy (non-hydrogen) atoms. The number of rotatable bonds is 3. The lowest BCUT2D eigenvalue weighted by Crippen LogP contribution is -2.18. The van der Waals surface area contributed by atoms with Crippen molar-refractivity contribution in [3.05, 3.63) is 24.3 Å². The van der Waals surface area contributed by atoms with Crippen LogP contribution in [-0.4, -0.2) is 20.9 Å². The van der Waals surface area contributed by atoms with E-state index in [-0.39, 0.29) is 5.75 Å². The minimum Gasteiger partial charge on any atom is -0.748 e. The van der Waals surface area contributed by atoms with Crippen molar-refractivity contribution < 1.29 is 18.2 Å². The van der Waals surface area contributed by atoms with Crippen LogP contribution in [0.2, 0.25) is 0 Å². The summed E-state index contributed by atoms with van der Waals surface area (Å²) in [4.78, 5) is 0. The lowest BCUT2D eigenvalue weighted by atomic mass is 10.3. The molecule has 0 aromatic heterocycles. The van der Waals surface area contributed by atoms with Crippen LogP contribution in [-0.2, 0) is 15.6 Å². The smallest absolute Gasteiger partial charge is 0.115 e. The predicted molar refractivity (Wildman–Crippen MR) is 46.5 cm³/mol. The molecular formula is C7H8NO4S-. The molecule has 0 aliphatic carbocycles. The molecule has 5 nitrogen and oxygen atoms in total. The molecule has 0 fully saturated rings. The third-order valence-corrected chi connectivity index (χ3v) is 1.73. The maximum absolute atomic E-state index is 10.1. The topological polar surface area (TPSA) is 72.8 Å². The van der Waals surface area contributed by atoms with E-state index in [4.69, 9.17) is 5.11 Å². The second-order valence-electron chi connectivity index (χ2n) is 2.29. The minimum atomic E-state index is -2.59. The molecule has 0 radical (unpaired) electrons. The minimum absolute atomic E-state index is 0.111. The van der Waals surface area contributed by atoms with Gasteiger partial charge in [-0.3, -0.25) is 0 Å². The van der Waals surface area contributed by atoms with Gasteiger partial charge in [0.2, 0.25) is 0 Å². The molecule has 6 heteroatoms. The number of phenolic OH excluding ortho intramolecular Hbond substituents is 1. The molecule has 0 aliphatic heterocycles. The largest absolute Gasteiger partial charge is 0.748 e. The first-order valence-electron chi connectivity index (χ1n) is 3.40. The van der Waals surface area contributed by atoms with Crippen LogP contribution in [0.15, 0.2) is 24.3 Å². The number of aromatic hydroxyl groups is 1. The molecule has 0 saturated heterocycles. The van der Waals surface area contributed by atoms with Crippen LogP contribution in [0.25, 0.3) is 0 Å². The van der Waals surface area contributed by atoms with E-state index in [0.29, 0.717) is 5.69 Å². The lowest BCUT2D eigenvalue weighted by Gasteiger charge is -2.18. The van der Waals surface area contributed by atoms with Crippen LogP contribution in [0, 0.1) is 0 Å². The van der Waals surface area contributed by atoms with Crippen molar-refractivity contribution in [1.82, 2.24) is 0 Å². The average Bonchev–Trinajstić information content (AvgIpc) is 2.04. The van der Waals surface area contributed by atoms with Gasteiger partial charge in [-0.15, -0.1) is 0 Å². The molecule has 0 heterocycles. The van der Waals surface area contributed by atoms with Crippen LogP contribution in [0.4, 0.5) is 5.69 Å². The highest BCUT2D eigenvalue weighted by Crippen LogP contribution is 2.17. The van der Waals surface area contributed by atoms with Crippen molar-refractivity contribution in [1.29, 1.82) is 0 Å². The zero-order valence-corrected chi connectivity index (χ0v) is 7.65. The Hall–Kier alpha value is -1.11. The summed E-state index contributed by atoms with van der Waals surface area (Å²) in [6.45, 7) is 0. The van der Waals surface area contributed by atoms with Gasteiger partial charge in [0.25, 0.3) is 0 Å². The Bertz CT molecular complexity index is 300. The van der Waals surface area contributed by atoms with Gasteiger partial charge < -0.3 is 9.66 Å². The maximum atomic E-state index is 10.1. The van der Waals surface area contributed by atoms with Crippen molar-refractivity contribution in [2.24, 2.45) is 0 Å². The van der Waals surface area contributed by atoms with Crippen molar-refractivity contribution >= 4 is 17.0 Å². The molecule has 0 aliphatic rings. The molecule has 1 aromatic carbocycles. The Morgan fingerprint density at radius 3 is 2.46 bits per heavy atom. The summed E-state index contributed by atoms with van der Waals surface area (Å²) >= 11 is -2.59. The standard InChI is InChI=1S/C7H9NO4S/c1-8(12-13(10)11)6-2-4-7(9)5-3-6/h2-5,9H,1H3,(H,10,11)/p-1. The van der Waals surface area contributed by atoms with Crippen LogP contribution in [0.5, 0.6) is 5.75 Å². The Labute approximate surface area is 78.0 Å². The molecule has 1 atom stereocenters. The average molecular weight is 202 g/mol.